The Morgan fingerprint density at radius 1 is 1.07 bits per heavy atom. The smallest absolute Gasteiger partial charge is 0.250 e. The van der Waals surface area contributed by atoms with Gasteiger partial charge in [0.1, 0.15) is 17.4 Å². The quantitative estimate of drug-likeness (QED) is 0.668. The molecule has 3 aromatic rings. The van der Waals surface area contributed by atoms with Crippen LogP contribution in [0.15, 0.2) is 48.5 Å². The minimum absolute atomic E-state index is 0.0130. The van der Waals surface area contributed by atoms with Crippen LogP contribution in [0.25, 0.3) is 10.9 Å². The van der Waals surface area contributed by atoms with Crippen molar-refractivity contribution in [1.82, 2.24) is 4.98 Å². The molecular formula is C23H21N5O. The van der Waals surface area contributed by atoms with E-state index in [9.17, 15) is 10.1 Å². The number of hydrogen-bond acceptors (Lipinski definition) is 5. The van der Waals surface area contributed by atoms with E-state index in [1.54, 1.807) is 0 Å². The van der Waals surface area contributed by atoms with Crippen molar-refractivity contribution in [2.45, 2.75) is 25.3 Å². The van der Waals surface area contributed by atoms with Crippen LogP contribution in [0, 0.1) is 18.3 Å². The lowest BCUT2D eigenvalue weighted by Gasteiger charge is -2.44. The summed E-state index contributed by atoms with van der Waals surface area (Å²) in [6.07, 6.45) is 1.29. The molecule has 0 atom stereocenters. The number of aromatic nitrogens is 1. The zero-order chi connectivity index (χ0) is 20.0. The number of anilines is 3. The van der Waals surface area contributed by atoms with Gasteiger partial charge in [-0.3, -0.25) is 4.79 Å². The molecule has 1 fully saturated rings. The highest BCUT2D eigenvalue weighted by Crippen LogP contribution is 2.38. The molecule has 0 bridgehead atoms. The Hall–Kier alpha value is -3.59. The number of hydrogen-bond donors (Lipinski definition) is 2. The van der Waals surface area contributed by atoms with Gasteiger partial charge in [0.15, 0.2) is 0 Å². The molecule has 5 rings (SSSR count). The number of nitriles is 1. The van der Waals surface area contributed by atoms with Gasteiger partial charge in [-0.1, -0.05) is 30.3 Å². The van der Waals surface area contributed by atoms with E-state index in [2.05, 4.69) is 21.6 Å². The predicted molar refractivity (Wildman–Crippen MR) is 114 cm³/mol. The highest BCUT2D eigenvalue weighted by molar-refractivity contribution is 6.06. The summed E-state index contributed by atoms with van der Waals surface area (Å²) in [5, 5.41) is 17.3. The standard InChI is InChI=1S/C23H21N5O/c1-15-16-6-2-3-7-18(16)25-21(17(15)14-24)28-12-10-23(11-13-28)22(29)26-19-8-4-5-9-20(19)27-23/h2-9,27H,10-13H2,1H3,(H,26,29). The minimum Gasteiger partial charge on any atom is -0.369 e. The van der Waals surface area contributed by atoms with E-state index >= 15 is 0 Å². The Morgan fingerprint density at radius 3 is 2.52 bits per heavy atom. The molecule has 2 N–H and O–H groups in total. The Morgan fingerprint density at radius 2 is 1.76 bits per heavy atom. The first kappa shape index (κ1) is 17.5. The number of carbonyl (C=O) groups is 1. The lowest BCUT2D eigenvalue weighted by Crippen LogP contribution is -2.58. The van der Waals surface area contributed by atoms with Gasteiger partial charge in [-0.15, -0.1) is 0 Å². The molecule has 0 saturated carbocycles. The van der Waals surface area contributed by atoms with Gasteiger partial charge in [-0.05, 0) is 43.5 Å². The molecule has 2 aliphatic heterocycles. The van der Waals surface area contributed by atoms with Crippen molar-refractivity contribution in [3.8, 4) is 6.07 Å². The van der Waals surface area contributed by atoms with E-state index in [1.165, 1.54) is 0 Å². The number of aryl methyl sites for hydroxylation is 1. The van der Waals surface area contributed by atoms with Crippen LogP contribution in [-0.4, -0.2) is 29.5 Å². The van der Waals surface area contributed by atoms with Crippen molar-refractivity contribution < 1.29 is 4.79 Å². The molecule has 0 unspecified atom stereocenters. The summed E-state index contributed by atoms with van der Waals surface area (Å²) in [5.41, 5.74) is 3.62. The van der Waals surface area contributed by atoms with Crippen LogP contribution in [0.2, 0.25) is 0 Å². The fourth-order valence-electron chi connectivity index (χ4n) is 4.43. The molecule has 2 aromatic carbocycles. The summed E-state index contributed by atoms with van der Waals surface area (Å²) < 4.78 is 0. The molecule has 29 heavy (non-hydrogen) atoms. The van der Waals surface area contributed by atoms with Gasteiger partial charge < -0.3 is 15.5 Å². The van der Waals surface area contributed by atoms with Crippen LogP contribution in [0.5, 0.6) is 0 Å². The van der Waals surface area contributed by atoms with Crippen LogP contribution in [0.1, 0.15) is 24.0 Å². The first-order chi connectivity index (χ1) is 14.1. The maximum absolute atomic E-state index is 12.9. The van der Waals surface area contributed by atoms with Gasteiger partial charge in [0.25, 0.3) is 0 Å². The number of benzene rings is 2. The molecule has 1 spiro atoms. The van der Waals surface area contributed by atoms with Crippen LogP contribution in [-0.2, 0) is 4.79 Å². The number of fused-ring (bicyclic) bond motifs is 2. The predicted octanol–water partition coefficient (Wildman–Crippen LogP) is 3.82. The second-order valence-electron chi connectivity index (χ2n) is 7.76. The summed E-state index contributed by atoms with van der Waals surface area (Å²) in [6, 6.07) is 18.0. The van der Waals surface area contributed by atoms with Crippen molar-refractivity contribution in [2.24, 2.45) is 0 Å². The van der Waals surface area contributed by atoms with Crippen molar-refractivity contribution in [3.63, 3.8) is 0 Å². The molecule has 0 radical (unpaired) electrons. The Kier molecular flexibility index (Phi) is 3.92. The summed E-state index contributed by atoms with van der Waals surface area (Å²) in [7, 11) is 0. The Bertz CT molecular complexity index is 1170. The average Bonchev–Trinajstić information content (AvgIpc) is 2.75. The number of para-hydroxylation sites is 3. The summed E-state index contributed by atoms with van der Waals surface area (Å²) in [5.74, 6) is 0.731. The SMILES string of the molecule is Cc1c(C#N)c(N2CCC3(CC2)Nc2ccccc2NC3=O)nc2ccccc12. The molecule has 6 nitrogen and oxygen atoms in total. The third kappa shape index (κ3) is 2.70. The summed E-state index contributed by atoms with van der Waals surface area (Å²) in [6.45, 7) is 3.29. The van der Waals surface area contributed by atoms with Crippen molar-refractivity contribution >= 4 is 34.0 Å². The van der Waals surface area contributed by atoms with Crippen molar-refractivity contribution in [3.05, 3.63) is 59.7 Å². The third-order valence-corrected chi connectivity index (χ3v) is 6.15. The van der Waals surface area contributed by atoms with E-state index in [0.717, 1.165) is 33.7 Å². The average molecular weight is 383 g/mol. The van der Waals surface area contributed by atoms with E-state index < -0.39 is 5.54 Å². The molecule has 1 saturated heterocycles. The van der Waals surface area contributed by atoms with Gasteiger partial charge in [0, 0.05) is 18.5 Å². The van der Waals surface area contributed by atoms with E-state index in [1.807, 2.05) is 55.5 Å². The second kappa shape index (κ2) is 6.49. The maximum Gasteiger partial charge on any atom is 0.250 e. The highest BCUT2D eigenvalue weighted by Gasteiger charge is 2.44. The topological polar surface area (TPSA) is 81.0 Å². The van der Waals surface area contributed by atoms with Crippen LogP contribution >= 0.6 is 0 Å². The summed E-state index contributed by atoms with van der Waals surface area (Å²) >= 11 is 0. The van der Waals surface area contributed by atoms with E-state index in [0.29, 0.717) is 31.5 Å². The molecule has 6 heteroatoms. The molecule has 0 aliphatic carbocycles. The maximum atomic E-state index is 12.9. The molecular weight excluding hydrogens is 362 g/mol. The van der Waals surface area contributed by atoms with Gasteiger partial charge in [0.2, 0.25) is 5.91 Å². The van der Waals surface area contributed by atoms with E-state index in [4.69, 9.17) is 4.98 Å². The number of carbonyl (C=O) groups excluding carboxylic acids is 1. The van der Waals surface area contributed by atoms with Crippen LogP contribution in [0.3, 0.4) is 0 Å². The number of amides is 1. The van der Waals surface area contributed by atoms with E-state index in [-0.39, 0.29) is 5.91 Å². The number of pyridine rings is 1. The Labute approximate surface area is 169 Å². The largest absolute Gasteiger partial charge is 0.369 e. The summed E-state index contributed by atoms with van der Waals surface area (Å²) in [4.78, 5) is 19.8. The number of rotatable bonds is 1. The minimum atomic E-state index is -0.621. The number of nitrogens with one attached hydrogen (secondary N) is 2. The van der Waals surface area contributed by atoms with Crippen molar-refractivity contribution in [1.29, 1.82) is 5.26 Å². The number of piperidine rings is 1. The zero-order valence-corrected chi connectivity index (χ0v) is 16.2. The van der Waals surface area contributed by atoms with Crippen LogP contribution in [0.4, 0.5) is 17.2 Å². The molecule has 3 heterocycles. The zero-order valence-electron chi connectivity index (χ0n) is 16.2. The van der Waals surface area contributed by atoms with Gasteiger partial charge >= 0.3 is 0 Å². The molecule has 144 valence electrons. The monoisotopic (exact) mass is 383 g/mol. The first-order valence-electron chi connectivity index (χ1n) is 9.84. The third-order valence-electron chi connectivity index (χ3n) is 6.15. The fourth-order valence-corrected chi connectivity index (χ4v) is 4.43. The number of nitrogens with zero attached hydrogens (tertiary/aromatic N) is 3. The van der Waals surface area contributed by atoms with Crippen LogP contribution < -0.4 is 15.5 Å². The molecule has 1 amide bonds. The Balaban J connectivity index is 1.46. The van der Waals surface area contributed by atoms with Gasteiger partial charge in [0.05, 0.1) is 22.5 Å². The van der Waals surface area contributed by atoms with Gasteiger partial charge in [-0.25, -0.2) is 4.98 Å². The first-order valence-corrected chi connectivity index (χ1v) is 9.84. The normalized spacial score (nSPS) is 17.4. The fraction of sp³-hybridized carbons (Fsp3) is 0.261. The molecule has 1 aromatic heterocycles. The highest BCUT2D eigenvalue weighted by atomic mass is 16.2. The van der Waals surface area contributed by atoms with Gasteiger partial charge in [-0.2, -0.15) is 5.26 Å². The van der Waals surface area contributed by atoms with Crippen molar-refractivity contribution in [2.75, 3.05) is 28.6 Å². The lowest BCUT2D eigenvalue weighted by molar-refractivity contribution is -0.121. The second-order valence-corrected chi connectivity index (χ2v) is 7.76. The lowest BCUT2D eigenvalue weighted by atomic mass is 9.84. The molecule has 2 aliphatic rings.